The van der Waals surface area contributed by atoms with E-state index in [-0.39, 0.29) is 49.7 Å². The van der Waals surface area contributed by atoms with E-state index in [0.717, 1.165) is 0 Å². The van der Waals surface area contributed by atoms with Gasteiger partial charge in [0.1, 0.15) is 11.2 Å². The summed E-state index contributed by atoms with van der Waals surface area (Å²) < 4.78 is 182. The first-order valence-electron chi connectivity index (χ1n) is 25.9. The van der Waals surface area contributed by atoms with Crippen LogP contribution in [-0.2, 0) is 0 Å². The van der Waals surface area contributed by atoms with Crippen molar-refractivity contribution in [3.63, 3.8) is 0 Å². The molecule has 0 saturated carbocycles. The molecule has 0 spiro atoms. The van der Waals surface area contributed by atoms with Gasteiger partial charge in [0.05, 0.1) is 27.4 Å². The Labute approximate surface area is 324 Å². The fourth-order valence-electron chi connectivity index (χ4n) is 6.72. The fourth-order valence-corrected chi connectivity index (χ4v) is 6.72. The summed E-state index contributed by atoms with van der Waals surface area (Å²) in [7, 11) is 0. The molecule has 0 aliphatic heterocycles. The minimum Gasteiger partial charge on any atom is -0.456 e. The van der Waals surface area contributed by atoms with Gasteiger partial charge in [-0.1, -0.05) is 176 Å². The molecule has 0 amide bonds. The van der Waals surface area contributed by atoms with Gasteiger partial charge in [0.25, 0.3) is 0 Å². The molecule has 9 aromatic carbocycles. The van der Waals surface area contributed by atoms with E-state index < -0.39 is 138 Å². The lowest BCUT2D eigenvalue weighted by molar-refractivity contribution is 0.669. The topological polar surface area (TPSA) is 13.1 Å². The molecule has 1 heteroatoms. The average molecular weight is 669 g/mol. The predicted octanol–water partition coefficient (Wildman–Crippen LogP) is 14.2. The standard InChI is InChI=1S/C50H32O/c1-3-14-33(15-4-1)35-26-28-36(29-27-35)38-18-7-8-19-39(38)48-40-20-9-11-22-42(40)49(43-23-12-10-21-41(43)48)45-24-13-25-46-50(45)44-31-30-37(32-47(44)51-46)34-16-5-2-6-17-34/h1-32H/i1D,2D,3D,4D,5D,6D,7D,8D,13D,14D,15D,16D,17D,18D,19D,24D,25D,30D,31D,32D. The van der Waals surface area contributed by atoms with Crippen LogP contribution in [0.3, 0.4) is 0 Å². The summed E-state index contributed by atoms with van der Waals surface area (Å²) in [5, 5.41) is 1.31. The second-order valence-corrected chi connectivity index (χ2v) is 11.7. The molecule has 0 aliphatic carbocycles. The Kier molecular flexibility index (Phi) is 3.64. The van der Waals surface area contributed by atoms with Gasteiger partial charge in [0.15, 0.2) is 0 Å². The van der Waals surface area contributed by atoms with Crippen LogP contribution in [0, 0.1) is 0 Å². The molecule has 0 atom stereocenters. The molecule has 0 radical (unpaired) electrons. The maximum absolute atomic E-state index is 9.55. The van der Waals surface area contributed by atoms with Crippen molar-refractivity contribution in [2.24, 2.45) is 0 Å². The Balaban J connectivity index is 1.31. The third-order valence-corrected chi connectivity index (χ3v) is 8.90. The molecule has 10 aromatic rings. The van der Waals surface area contributed by atoms with Crippen molar-refractivity contribution in [3.05, 3.63) is 194 Å². The normalized spacial score (nSPS) is 17.0. The van der Waals surface area contributed by atoms with Crippen molar-refractivity contribution in [3.8, 4) is 55.6 Å². The SMILES string of the molecule is [2H]c1c([2H])c([2H])c(-c2ccc(-c3c([2H])c([2H])c([2H])c([2H])c3-c3c4ccccc4c(-c4c([2H])c([2H])c([2H])c5oc6c([2H])c(-c7c([2H])c([2H])c([2H])c([2H])c7[2H])c([2H])c([2H])c6c45)c4ccccc34)cc2)c([2H])c1[2H]. The van der Waals surface area contributed by atoms with E-state index in [2.05, 4.69) is 0 Å². The molecule has 0 saturated heterocycles. The molecule has 0 fully saturated rings. The highest BCUT2D eigenvalue weighted by atomic mass is 16.3. The second-order valence-electron chi connectivity index (χ2n) is 11.7. The van der Waals surface area contributed by atoms with Crippen molar-refractivity contribution in [1.82, 2.24) is 0 Å². The number of furan rings is 1. The van der Waals surface area contributed by atoms with Crippen LogP contribution in [0.5, 0.6) is 0 Å². The third-order valence-electron chi connectivity index (χ3n) is 8.90. The van der Waals surface area contributed by atoms with Crippen LogP contribution >= 0.6 is 0 Å². The zero-order valence-corrected chi connectivity index (χ0v) is 26.3. The van der Waals surface area contributed by atoms with Gasteiger partial charge in [-0.3, -0.25) is 0 Å². The van der Waals surface area contributed by atoms with Gasteiger partial charge in [-0.25, -0.2) is 0 Å². The molecule has 51 heavy (non-hydrogen) atoms. The van der Waals surface area contributed by atoms with Gasteiger partial charge < -0.3 is 4.42 Å². The summed E-state index contributed by atoms with van der Waals surface area (Å²) in [5.41, 5.74) is -0.466. The number of hydrogen-bond donors (Lipinski definition) is 0. The first kappa shape index (κ1) is 15.5. The van der Waals surface area contributed by atoms with Crippen LogP contribution in [0.25, 0.3) is 99.1 Å². The molecule has 0 bridgehead atoms. The lowest BCUT2D eigenvalue weighted by Crippen LogP contribution is -1.93. The molecule has 1 aromatic heterocycles. The van der Waals surface area contributed by atoms with Crippen LogP contribution in [0.15, 0.2) is 198 Å². The fraction of sp³-hybridized carbons (Fsp3) is 0. The second kappa shape index (κ2) is 12.0. The third kappa shape index (κ3) is 4.86. The Bertz CT molecular complexity index is 3930. The van der Waals surface area contributed by atoms with E-state index in [9.17, 15) is 8.22 Å². The van der Waals surface area contributed by atoms with Crippen LogP contribution in [-0.4, -0.2) is 0 Å². The van der Waals surface area contributed by atoms with Gasteiger partial charge in [0, 0.05) is 10.8 Å². The highest BCUT2D eigenvalue weighted by molar-refractivity contribution is 6.26. The Hall–Kier alpha value is -6.70. The maximum atomic E-state index is 9.55. The van der Waals surface area contributed by atoms with Crippen molar-refractivity contribution >= 4 is 43.5 Å². The van der Waals surface area contributed by atoms with Crippen LogP contribution < -0.4 is 0 Å². The number of benzene rings is 9. The number of hydrogen-bond acceptors (Lipinski definition) is 1. The molecule has 0 unspecified atom stereocenters. The minimum absolute atomic E-state index is 0.0278. The monoisotopic (exact) mass is 668 g/mol. The van der Waals surface area contributed by atoms with E-state index in [4.69, 9.17) is 23.6 Å². The van der Waals surface area contributed by atoms with E-state index in [1.165, 1.54) is 12.1 Å². The van der Waals surface area contributed by atoms with Crippen LogP contribution in [0.1, 0.15) is 27.4 Å². The maximum Gasteiger partial charge on any atom is 0.136 e. The van der Waals surface area contributed by atoms with Gasteiger partial charge >= 0.3 is 0 Å². The highest BCUT2D eigenvalue weighted by Crippen LogP contribution is 2.48. The van der Waals surface area contributed by atoms with Gasteiger partial charge in [0.2, 0.25) is 0 Å². The molecule has 0 N–H and O–H groups in total. The van der Waals surface area contributed by atoms with Gasteiger partial charge in [-0.2, -0.15) is 0 Å². The Morgan fingerprint density at radius 3 is 1.47 bits per heavy atom. The Morgan fingerprint density at radius 1 is 0.333 bits per heavy atom. The predicted molar refractivity (Wildman–Crippen MR) is 216 cm³/mol. The molecular formula is C50H32O. The molecule has 10 rings (SSSR count). The molecule has 1 heterocycles. The smallest absolute Gasteiger partial charge is 0.136 e. The summed E-state index contributed by atoms with van der Waals surface area (Å²) in [5.74, 6) is 0. The molecule has 1 nitrogen and oxygen atoms in total. The zero-order chi connectivity index (χ0) is 51.1. The summed E-state index contributed by atoms with van der Waals surface area (Å²) >= 11 is 0. The summed E-state index contributed by atoms with van der Waals surface area (Å²) in [6, 6.07) is 8.25. The summed E-state index contributed by atoms with van der Waals surface area (Å²) in [6.45, 7) is 0. The average Bonchev–Trinajstić information content (AvgIpc) is 3.77. The van der Waals surface area contributed by atoms with Crippen LogP contribution in [0.2, 0.25) is 0 Å². The Morgan fingerprint density at radius 2 is 0.843 bits per heavy atom. The van der Waals surface area contributed by atoms with E-state index in [0.29, 0.717) is 32.7 Å². The van der Waals surface area contributed by atoms with Gasteiger partial charge in [-0.05, 0) is 95.3 Å². The summed E-state index contributed by atoms with van der Waals surface area (Å²) in [4.78, 5) is 0. The number of fused-ring (bicyclic) bond motifs is 5. The molecular weight excluding hydrogens is 617 g/mol. The van der Waals surface area contributed by atoms with Crippen LogP contribution in [0.4, 0.5) is 0 Å². The first-order chi connectivity index (χ1) is 33.6. The lowest BCUT2D eigenvalue weighted by atomic mass is 9.83. The molecule has 0 aliphatic rings. The summed E-state index contributed by atoms with van der Waals surface area (Å²) in [6.07, 6.45) is 0. The van der Waals surface area contributed by atoms with Crippen molar-refractivity contribution in [1.29, 1.82) is 0 Å². The minimum atomic E-state index is -0.727. The van der Waals surface area contributed by atoms with Crippen molar-refractivity contribution in [2.45, 2.75) is 0 Å². The van der Waals surface area contributed by atoms with Gasteiger partial charge in [-0.15, -0.1) is 0 Å². The van der Waals surface area contributed by atoms with E-state index in [1.54, 1.807) is 60.7 Å². The van der Waals surface area contributed by atoms with E-state index in [1.807, 2.05) is 0 Å². The van der Waals surface area contributed by atoms with Crippen molar-refractivity contribution in [2.75, 3.05) is 0 Å². The van der Waals surface area contributed by atoms with Crippen molar-refractivity contribution < 1.29 is 31.8 Å². The highest BCUT2D eigenvalue weighted by Gasteiger charge is 2.21. The number of rotatable bonds is 5. The largest absolute Gasteiger partial charge is 0.456 e. The molecule has 238 valence electrons. The van der Waals surface area contributed by atoms with E-state index >= 15 is 0 Å². The zero-order valence-electron chi connectivity index (χ0n) is 46.3. The first-order valence-corrected chi connectivity index (χ1v) is 15.9. The quantitative estimate of drug-likeness (QED) is 0.166. The lowest BCUT2D eigenvalue weighted by Gasteiger charge is -2.20.